The number of amides is 3. The van der Waals surface area contributed by atoms with Gasteiger partial charge in [0.1, 0.15) is 12.1 Å². The van der Waals surface area contributed by atoms with Crippen LogP contribution in [0.5, 0.6) is 0 Å². The molecule has 0 saturated carbocycles. The molecule has 1 N–H and O–H groups in total. The summed E-state index contributed by atoms with van der Waals surface area (Å²) in [5, 5.41) is 2.93. The SMILES string of the molecule is CC.CC1(C)CCN(CCCNC(=O)N2C(=O)OC(Cn3ccnc3)C2c2ccccc2)CC1. The van der Waals surface area contributed by atoms with E-state index >= 15 is 0 Å². The molecular weight excluding hydrogens is 430 g/mol. The number of carbonyl (C=O) groups excluding carboxylic acids is 2. The fourth-order valence-electron chi connectivity index (χ4n) is 4.46. The van der Waals surface area contributed by atoms with Gasteiger partial charge in [-0.05, 0) is 49.9 Å². The van der Waals surface area contributed by atoms with Crippen LogP contribution >= 0.6 is 0 Å². The average molecular weight is 470 g/mol. The summed E-state index contributed by atoms with van der Waals surface area (Å²) < 4.78 is 7.48. The Kier molecular flexibility index (Phi) is 9.10. The molecule has 3 amide bonds. The Bertz CT molecular complexity index is 890. The minimum absolute atomic E-state index is 0.406. The standard InChI is InChI=1S/C24H33N5O3.C2H6/c1-24(2)9-14-27(15-10-24)13-6-11-26-22(30)29-21(19-7-4-3-5-8-19)20(32-23(29)31)17-28-16-12-25-18-28;1-2/h3-5,7-8,12,16,18,20-21H,6,9-11,13-15,17H2,1-2H3,(H,26,30);1-2H3. The Morgan fingerprint density at radius 1 is 1.18 bits per heavy atom. The van der Waals surface area contributed by atoms with Crippen LogP contribution in [0.4, 0.5) is 9.59 Å². The first kappa shape index (κ1) is 25.7. The molecule has 1 aromatic heterocycles. The number of nitrogens with zero attached hydrogens (tertiary/aromatic N) is 4. The molecule has 2 aliphatic heterocycles. The van der Waals surface area contributed by atoms with Crippen LogP contribution in [0.1, 0.15) is 58.6 Å². The lowest BCUT2D eigenvalue weighted by Crippen LogP contribution is -2.44. The number of rotatable bonds is 7. The van der Waals surface area contributed by atoms with E-state index < -0.39 is 24.3 Å². The molecule has 8 nitrogen and oxygen atoms in total. The zero-order chi connectivity index (χ0) is 24.6. The number of ether oxygens (including phenoxy) is 1. The highest BCUT2D eigenvalue weighted by atomic mass is 16.6. The van der Waals surface area contributed by atoms with Crippen molar-refractivity contribution in [3.63, 3.8) is 0 Å². The van der Waals surface area contributed by atoms with Gasteiger partial charge in [0.25, 0.3) is 0 Å². The first-order chi connectivity index (χ1) is 16.4. The molecule has 3 heterocycles. The topological polar surface area (TPSA) is 79.7 Å². The Morgan fingerprint density at radius 3 is 2.53 bits per heavy atom. The van der Waals surface area contributed by atoms with Crippen LogP contribution in [-0.2, 0) is 11.3 Å². The summed E-state index contributed by atoms with van der Waals surface area (Å²) in [5.41, 5.74) is 1.30. The van der Waals surface area contributed by atoms with Gasteiger partial charge in [-0.15, -0.1) is 0 Å². The second-order valence-electron chi connectivity index (χ2n) is 9.50. The van der Waals surface area contributed by atoms with Crippen molar-refractivity contribution < 1.29 is 14.3 Å². The van der Waals surface area contributed by atoms with Crippen LogP contribution < -0.4 is 5.32 Å². The van der Waals surface area contributed by atoms with Crippen LogP contribution in [0.15, 0.2) is 49.1 Å². The molecule has 1 aromatic carbocycles. The number of carbonyl (C=O) groups is 2. The molecule has 0 aliphatic carbocycles. The predicted molar refractivity (Wildman–Crippen MR) is 132 cm³/mol. The third kappa shape index (κ3) is 6.59. The molecule has 2 aliphatic rings. The average Bonchev–Trinajstić information content (AvgIpc) is 3.47. The van der Waals surface area contributed by atoms with E-state index in [2.05, 4.69) is 29.0 Å². The number of nitrogens with one attached hydrogen (secondary N) is 1. The van der Waals surface area contributed by atoms with Crippen molar-refractivity contribution in [3.05, 3.63) is 54.6 Å². The lowest BCUT2D eigenvalue weighted by Gasteiger charge is -2.36. The Labute approximate surface area is 203 Å². The van der Waals surface area contributed by atoms with Crippen molar-refractivity contribution in [3.8, 4) is 0 Å². The van der Waals surface area contributed by atoms with Gasteiger partial charge in [-0.1, -0.05) is 58.0 Å². The lowest BCUT2D eigenvalue weighted by molar-refractivity contribution is 0.120. The van der Waals surface area contributed by atoms with Crippen molar-refractivity contribution in [2.45, 2.75) is 65.6 Å². The predicted octanol–water partition coefficient (Wildman–Crippen LogP) is 4.69. The number of imide groups is 1. The summed E-state index contributed by atoms with van der Waals surface area (Å²) in [7, 11) is 0. The van der Waals surface area contributed by atoms with Crippen molar-refractivity contribution in [2.75, 3.05) is 26.2 Å². The molecule has 34 heavy (non-hydrogen) atoms. The van der Waals surface area contributed by atoms with Gasteiger partial charge in [0.15, 0.2) is 0 Å². The third-order valence-corrected chi connectivity index (χ3v) is 6.53. The molecule has 8 heteroatoms. The smallest absolute Gasteiger partial charge is 0.419 e. The van der Waals surface area contributed by atoms with E-state index in [0.717, 1.165) is 31.6 Å². The number of benzene rings is 1. The molecule has 2 saturated heterocycles. The number of aromatic nitrogens is 2. The van der Waals surface area contributed by atoms with Gasteiger partial charge in [0, 0.05) is 18.9 Å². The maximum atomic E-state index is 13.0. The molecule has 186 valence electrons. The minimum Gasteiger partial charge on any atom is -0.441 e. The van der Waals surface area contributed by atoms with Crippen molar-refractivity contribution in [2.24, 2.45) is 5.41 Å². The summed E-state index contributed by atoms with van der Waals surface area (Å²) >= 11 is 0. The summed E-state index contributed by atoms with van der Waals surface area (Å²) in [6.07, 6.45) is 7.35. The number of hydrogen-bond acceptors (Lipinski definition) is 5. The van der Waals surface area contributed by atoms with E-state index in [1.165, 1.54) is 17.7 Å². The van der Waals surface area contributed by atoms with Crippen LogP contribution in [0.25, 0.3) is 0 Å². The fourth-order valence-corrected chi connectivity index (χ4v) is 4.46. The van der Waals surface area contributed by atoms with Crippen LogP contribution in [0.3, 0.4) is 0 Å². The summed E-state index contributed by atoms with van der Waals surface area (Å²) in [4.78, 5) is 33.4. The number of likely N-dealkylation sites (tertiary alicyclic amines) is 1. The van der Waals surface area contributed by atoms with E-state index in [1.807, 2.05) is 54.9 Å². The molecule has 2 fully saturated rings. The number of piperidine rings is 1. The molecule has 0 radical (unpaired) electrons. The van der Waals surface area contributed by atoms with E-state index in [9.17, 15) is 9.59 Å². The van der Waals surface area contributed by atoms with Gasteiger partial charge in [0.2, 0.25) is 0 Å². The highest BCUT2D eigenvalue weighted by molar-refractivity contribution is 5.93. The largest absolute Gasteiger partial charge is 0.441 e. The van der Waals surface area contributed by atoms with Gasteiger partial charge in [0.05, 0.1) is 12.9 Å². The van der Waals surface area contributed by atoms with E-state index in [4.69, 9.17) is 4.74 Å². The van der Waals surface area contributed by atoms with Gasteiger partial charge in [-0.3, -0.25) is 0 Å². The quantitative estimate of drug-likeness (QED) is 0.595. The number of cyclic esters (lactones) is 1. The van der Waals surface area contributed by atoms with E-state index in [-0.39, 0.29) is 0 Å². The van der Waals surface area contributed by atoms with E-state index in [0.29, 0.717) is 18.5 Å². The maximum absolute atomic E-state index is 13.0. The number of urea groups is 1. The van der Waals surface area contributed by atoms with Crippen LogP contribution in [0.2, 0.25) is 0 Å². The molecule has 2 atom stereocenters. The highest BCUT2D eigenvalue weighted by Crippen LogP contribution is 2.34. The third-order valence-electron chi connectivity index (χ3n) is 6.53. The normalized spacial score (nSPS) is 22.0. The van der Waals surface area contributed by atoms with Gasteiger partial charge in [-0.25, -0.2) is 19.5 Å². The molecule has 4 rings (SSSR count). The fraction of sp³-hybridized carbons (Fsp3) is 0.577. The first-order valence-corrected chi connectivity index (χ1v) is 12.4. The second kappa shape index (κ2) is 12.0. The Balaban J connectivity index is 0.00000158. The molecule has 2 aromatic rings. The van der Waals surface area contributed by atoms with Crippen molar-refractivity contribution >= 4 is 12.1 Å². The van der Waals surface area contributed by atoms with E-state index in [1.54, 1.807) is 12.5 Å². The molecule has 0 spiro atoms. The number of hydrogen-bond donors (Lipinski definition) is 1. The second-order valence-corrected chi connectivity index (χ2v) is 9.50. The van der Waals surface area contributed by atoms with Gasteiger partial charge >= 0.3 is 12.1 Å². The zero-order valence-corrected chi connectivity index (χ0v) is 20.9. The van der Waals surface area contributed by atoms with Crippen LogP contribution in [-0.4, -0.2) is 63.8 Å². The summed E-state index contributed by atoms with van der Waals surface area (Å²) in [6.45, 7) is 12.8. The molecular formula is C26H39N5O3. The zero-order valence-electron chi connectivity index (χ0n) is 20.9. The van der Waals surface area contributed by atoms with Gasteiger partial charge < -0.3 is 19.5 Å². The first-order valence-electron chi connectivity index (χ1n) is 12.4. The lowest BCUT2D eigenvalue weighted by atomic mass is 9.83. The Morgan fingerprint density at radius 2 is 1.88 bits per heavy atom. The monoisotopic (exact) mass is 469 g/mol. The summed E-state index contributed by atoms with van der Waals surface area (Å²) in [5.74, 6) is 0. The Hall–Kier alpha value is -2.87. The maximum Gasteiger partial charge on any atom is 0.419 e. The number of imidazole rings is 1. The summed E-state index contributed by atoms with van der Waals surface area (Å²) in [6, 6.07) is 8.67. The molecule has 2 unspecified atom stereocenters. The van der Waals surface area contributed by atoms with Crippen LogP contribution in [0, 0.1) is 5.41 Å². The highest BCUT2D eigenvalue weighted by Gasteiger charge is 2.46. The van der Waals surface area contributed by atoms with Crippen molar-refractivity contribution in [1.82, 2.24) is 24.7 Å². The minimum atomic E-state index is -0.611. The van der Waals surface area contributed by atoms with Gasteiger partial charge in [-0.2, -0.15) is 0 Å². The van der Waals surface area contributed by atoms with Crippen molar-refractivity contribution in [1.29, 1.82) is 0 Å². The molecule has 0 bridgehead atoms.